The molecule has 1 aliphatic heterocycles. The molecule has 0 spiro atoms. The van der Waals surface area contributed by atoms with Crippen LogP contribution < -0.4 is 10.1 Å². The second-order valence-electron chi connectivity index (χ2n) is 6.45. The molecule has 1 saturated heterocycles. The molecular weight excluding hydrogens is 292 g/mol. The SMILES string of the molecule is COc1ccc(NC(=O)C2CCN(C(=O)C3CCC3)CC2)cc1. The highest BCUT2D eigenvalue weighted by Crippen LogP contribution is 2.30. The van der Waals surface area contributed by atoms with E-state index in [4.69, 9.17) is 4.74 Å². The number of nitrogens with one attached hydrogen (secondary N) is 1. The van der Waals surface area contributed by atoms with Crippen LogP contribution in [0.25, 0.3) is 0 Å². The van der Waals surface area contributed by atoms with Crippen molar-refractivity contribution in [2.75, 3.05) is 25.5 Å². The molecule has 3 rings (SSSR count). The van der Waals surface area contributed by atoms with Gasteiger partial charge < -0.3 is 15.0 Å². The monoisotopic (exact) mass is 316 g/mol. The zero-order chi connectivity index (χ0) is 16.2. The van der Waals surface area contributed by atoms with Crippen molar-refractivity contribution in [3.8, 4) is 5.75 Å². The summed E-state index contributed by atoms with van der Waals surface area (Å²) >= 11 is 0. The molecule has 0 radical (unpaired) electrons. The zero-order valence-corrected chi connectivity index (χ0v) is 13.6. The van der Waals surface area contributed by atoms with Gasteiger partial charge in [-0.25, -0.2) is 0 Å². The second kappa shape index (κ2) is 7.02. The van der Waals surface area contributed by atoms with Crippen molar-refractivity contribution in [2.45, 2.75) is 32.1 Å². The number of hydrogen-bond donors (Lipinski definition) is 1. The Morgan fingerprint density at radius 3 is 2.22 bits per heavy atom. The molecular formula is C18H24N2O3. The predicted octanol–water partition coefficient (Wildman–Crippen LogP) is 2.67. The van der Waals surface area contributed by atoms with E-state index in [9.17, 15) is 9.59 Å². The van der Waals surface area contributed by atoms with Gasteiger partial charge in [-0.15, -0.1) is 0 Å². The Hall–Kier alpha value is -2.04. The summed E-state index contributed by atoms with van der Waals surface area (Å²) in [6, 6.07) is 7.34. The van der Waals surface area contributed by atoms with Gasteiger partial charge in [0.1, 0.15) is 5.75 Å². The van der Waals surface area contributed by atoms with Crippen LogP contribution in [0.3, 0.4) is 0 Å². The highest BCUT2D eigenvalue weighted by Gasteiger charge is 2.33. The van der Waals surface area contributed by atoms with Gasteiger partial charge in [-0.3, -0.25) is 9.59 Å². The fourth-order valence-corrected chi connectivity index (χ4v) is 3.19. The van der Waals surface area contributed by atoms with Crippen LogP contribution in [0.5, 0.6) is 5.75 Å². The van der Waals surface area contributed by atoms with Crippen LogP contribution in [0.1, 0.15) is 32.1 Å². The largest absolute Gasteiger partial charge is 0.497 e. The van der Waals surface area contributed by atoms with Crippen LogP contribution in [0, 0.1) is 11.8 Å². The number of piperidine rings is 1. The van der Waals surface area contributed by atoms with Crippen molar-refractivity contribution >= 4 is 17.5 Å². The third-order valence-electron chi connectivity index (χ3n) is 4.99. The first-order valence-electron chi connectivity index (χ1n) is 8.41. The number of likely N-dealkylation sites (tertiary alicyclic amines) is 1. The fourth-order valence-electron chi connectivity index (χ4n) is 3.19. The van der Waals surface area contributed by atoms with Crippen LogP contribution in [0.4, 0.5) is 5.69 Å². The van der Waals surface area contributed by atoms with Crippen LogP contribution in [0.2, 0.25) is 0 Å². The van der Waals surface area contributed by atoms with Crippen molar-refractivity contribution in [1.29, 1.82) is 0 Å². The summed E-state index contributed by atoms with van der Waals surface area (Å²) in [5, 5.41) is 2.95. The third kappa shape index (κ3) is 3.66. The molecule has 0 unspecified atom stereocenters. The number of amides is 2. The van der Waals surface area contributed by atoms with E-state index in [1.54, 1.807) is 7.11 Å². The van der Waals surface area contributed by atoms with E-state index in [-0.39, 0.29) is 17.7 Å². The fraction of sp³-hybridized carbons (Fsp3) is 0.556. The van der Waals surface area contributed by atoms with Crippen LogP contribution in [-0.2, 0) is 9.59 Å². The van der Waals surface area contributed by atoms with E-state index < -0.39 is 0 Å². The molecule has 1 aromatic rings. The van der Waals surface area contributed by atoms with E-state index in [1.807, 2.05) is 29.2 Å². The minimum absolute atomic E-state index is 0.0115. The quantitative estimate of drug-likeness (QED) is 0.929. The summed E-state index contributed by atoms with van der Waals surface area (Å²) < 4.78 is 5.11. The van der Waals surface area contributed by atoms with Crippen LogP contribution >= 0.6 is 0 Å². The molecule has 1 heterocycles. The van der Waals surface area contributed by atoms with E-state index in [0.717, 1.165) is 37.1 Å². The van der Waals surface area contributed by atoms with Gasteiger partial charge >= 0.3 is 0 Å². The normalized spacial score (nSPS) is 19.1. The van der Waals surface area contributed by atoms with Gasteiger partial charge in [-0.05, 0) is 49.9 Å². The molecule has 2 fully saturated rings. The molecule has 1 N–H and O–H groups in total. The molecule has 5 heteroatoms. The molecule has 0 aromatic heterocycles. The molecule has 1 saturated carbocycles. The lowest BCUT2D eigenvalue weighted by atomic mass is 9.83. The Bertz CT molecular complexity index is 558. The maximum atomic E-state index is 12.4. The van der Waals surface area contributed by atoms with Crippen molar-refractivity contribution in [3.05, 3.63) is 24.3 Å². The molecule has 0 bridgehead atoms. The molecule has 124 valence electrons. The minimum atomic E-state index is -0.0115. The molecule has 2 aliphatic rings. The standard InChI is InChI=1S/C18H24N2O3/c1-23-16-7-5-15(6-8-16)19-17(21)13-9-11-20(12-10-13)18(22)14-3-2-4-14/h5-8,13-14H,2-4,9-12H2,1H3,(H,19,21). The first-order valence-corrected chi connectivity index (χ1v) is 8.41. The van der Waals surface area contributed by atoms with Gasteiger partial charge in [-0.2, -0.15) is 0 Å². The molecule has 1 aromatic carbocycles. The number of rotatable bonds is 4. The Morgan fingerprint density at radius 2 is 1.70 bits per heavy atom. The maximum Gasteiger partial charge on any atom is 0.227 e. The Balaban J connectivity index is 1.48. The van der Waals surface area contributed by atoms with Gasteiger partial charge in [0.25, 0.3) is 0 Å². The van der Waals surface area contributed by atoms with Gasteiger partial charge in [0, 0.05) is 30.6 Å². The van der Waals surface area contributed by atoms with Crippen molar-refractivity contribution in [3.63, 3.8) is 0 Å². The number of methoxy groups -OCH3 is 1. The average Bonchev–Trinajstić information content (AvgIpc) is 2.54. The van der Waals surface area contributed by atoms with E-state index >= 15 is 0 Å². The highest BCUT2D eigenvalue weighted by atomic mass is 16.5. The number of anilines is 1. The van der Waals surface area contributed by atoms with E-state index in [0.29, 0.717) is 19.0 Å². The van der Waals surface area contributed by atoms with Gasteiger partial charge in [0.15, 0.2) is 0 Å². The minimum Gasteiger partial charge on any atom is -0.497 e. The number of benzene rings is 1. The molecule has 0 atom stereocenters. The Morgan fingerprint density at radius 1 is 1.04 bits per heavy atom. The Kier molecular flexibility index (Phi) is 4.84. The number of nitrogens with zero attached hydrogens (tertiary/aromatic N) is 1. The number of ether oxygens (including phenoxy) is 1. The smallest absolute Gasteiger partial charge is 0.227 e. The Labute approximate surface area is 137 Å². The predicted molar refractivity (Wildman–Crippen MR) is 88.3 cm³/mol. The zero-order valence-electron chi connectivity index (χ0n) is 13.6. The van der Waals surface area contributed by atoms with Gasteiger partial charge in [0.05, 0.1) is 7.11 Å². The van der Waals surface area contributed by atoms with Crippen molar-refractivity contribution in [1.82, 2.24) is 4.90 Å². The van der Waals surface area contributed by atoms with E-state index in [1.165, 1.54) is 6.42 Å². The maximum absolute atomic E-state index is 12.4. The lowest BCUT2D eigenvalue weighted by molar-refractivity contribution is -0.140. The third-order valence-corrected chi connectivity index (χ3v) is 4.99. The van der Waals surface area contributed by atoms with E-state index in [2.05, 4.69) is 5.32 Å². The lowest BCUT2D eigenvalue weighted by Gasteiger charge is -2.36. The molecule has 2 amide bonds. The lowest BCUT2D eigenvalue weighted by Crippen LogP contribution is -2.45. The summed E-state index contributed by atoms with van der Waals surface area (Å²) in [7, 11) is 1.62. The number of hydrogen-bond acceptors (Lipinski definition) is 3. The van der Waals surface area contributed by atoms with Crippen molar-refractivity contribution in [2.24, 2.45) is 11.8 Å². The van der Waals surface area contributed by atoms with Crippen LogP contribution in [-0.4, -0.2) is 36.9 Å². The first kappa shape index (κ1) is 15.8. The number of carbonyl (C=O) groups is 2. The van der Waals surface area contributed by atoms with Crippen LogP contribution in [0.15, 0.2) is 24.3 Å². The molecule has 23 heavy (non-hydrogen) atoms. The number of carbonyl (C=O) groups excluding carboxylic acids is 2. The summed E-state index contributed by atoms with van der Waals surface area (Å²) in [5.74, 6) is 1.35. The summed E-state index contributed by atoms with van der Waals surface area (Å²) in [6.45, 7) is 1.41. The topological polar surface area (TPSA) is 58.6 Å². The summed E-state index contributed by atoms with van der Waals surface area (Å²) in [6.07, 6.45) is 4.76. The molecule has 1 aliphatic carbocycles. The van der Waals surface area contributed by atoms with Crippen molar-refractivity contribution < 1.29 is 14.3 Å². The van der Waals surface area contributed by atoms with Gasteiger partial charge in [-0.1, -0.05) is 6.42 Å². The van der Waals surface area contributed by atoms with Gasteiger partial charge in [0.2, 0.25) is 11.8 Å². The average molecular weight is 316 g/mol. The first-order chi connectivity index (χ1) is 11.2. The summed E-state index contributed by atoms with van der Waals surface area (Å²) in [5.41, 5.74) is 0.781. The highest BCUT2D eigenvalue weighted by molar-refractivity contribution is 5.92. The molecule has 5 nitrogen and oxygen atoms in total. The second-order valence-corrected chi connectivity index (χ2v) is 6.45. The summed E-state index contributed by atoms with van der Waals surface area (Å²) in [4.78, 5) is 26.5.